The van der Waals surface area contributed by atoms with Crippen LogP contribution >= 0.6 is 0 Å². The van der Waals surface area contributed by atoms with E-state index in [-0.39, 0.29) is 11.3 Å². The highest BCUT2D eigenvalue weighted by molar-refractivity contribution is 6.46. The third kappa shape index (κ3) is 4.32. The van der Waals surface area contributed by atoms with E-state index in [1.165, 1.54) is 0 Å². The zero-order valence-corrected chi connectivity index (χ0v) is 17.0. The Bertz CT molecular complexity index is 921. The average Bonchev–Trinajstić information content (AvgIpc) is 2.98. The maximum Gasteiger partial charge on any atom is 0.295 e. The number of hydrogen-bond acceptors (Lipinski definition) is 5. The molecule has 1 aliphatic rings. The Hall–Kier alpha value is -3.12. The quantitative estimate of drug-likeness (QED) is 0.444. The first kappa shape index (κ1) is 20.6. The summed E-state index contributed by atoms with van der Waals surface area (Å²) in [6.07, 6.45) is 0.714. The third-order valence-corrected chi connectivity index (χ3v) is 5.00. The van der Waals surface area contributed by atoms with Gasteiger partial charge in [-0.3, -0.25) is 9.59 Å². The molecule has 1 heterocycles. The summed E-state index contributed by atoms with van der Waals surface area (Å²) in [5.41, 5.74) is 1.34. The minimum absolute atomic E-state index is 0.110. The van der Waals surface area contributed by atoms with Gasteiger partial charge >= 0.3 is 0 Å². The summed E-state index contributed by atoms with van der Waals surface area (Å²) in [5, 5.41) is 10.9. The normalized spacial score (nSPS) is 18.5. The fourth-order valence-corrected chi connectivity index (χ4v) is 3.58. The van der Waals surface area contributed by atoms with Crippen LogP contribution in [-0.4, -0.2) is 60.9 Å². The van der Waals surface area contributed by atoms with E-state index in [9.17, 15) is 14.7 Å². The predicted molar refractivity (Wildman–Crippen MR) is 112 cm³/mol. The largest absolute Gasteiger partial charge is 0.507 e. The van der Waals surface area contributed by atoms with E-state index in [0.29, 0.717) is 24.3 Å². The van der Waals surface area contributed by atoms with E-state index in [1.54, 1.807) is 48.4 Å². The molecule has 0 aromatic heterocycles. The van der Waals surface area contributed by atoms with Crippen LogP contribution in [0.5, 0.6) is 5.75 Å². The molecule has 152 valence electrons. The van der Waals surface area contributed by atoms with Crippen molar-refractivity contribution in [2.45, 2.75) is 12.5 Å². The Labute approximate surface area is 171 Å². The van der Waals surface area contributed by atoms with Crippen LogP contribution in [0.3, 0.4) is 0 Å². The van der Waals surface area contributed by atoms with Gasteiger partial charge in [0.2, 0.25) is 0 Å². The topological polar surface area (TPSA) is 70.1 Å². The number of nitrogens with zero attached hydrogens (tertiary/aromatic N) is 2. The summed E-state index contributed by atoms with van der Waals surface area (Å²) in [6.45, 7) is 1.20. The number of aliphatic hydroxyl groups excluding tert-OH is 1. The van der Waals surface area contributed by atoms with Crippen LogP contribution in [0.1, 0.15) is 23.6 Å². The molecular weight excluding hydrogens is 368 g/mol. The van der Waals surface area contributed by atoms with Crippen LogP contribution in [0.15, 0.2) is 60.2 Å². The maximum atomic E-state index is 12.9. The van der Waals surface area contributed by atoms with Crippen LogP contribution in [0, 0.1) is 0 Å². The standard InChI is InChI=1S/C23H26N2O4/c1-24(2)13-8-14-25-20(17-11-7-12-18(15-17)29-3)19(22(27)23(25)28)21(26)16-9-5-4-6-10-16/h4-7,9-12,15,20,26H,8,13-14H2,1-3H3/t20-/m1/s1. The number of ketones is 1. The molecular formula is C23H26N2O4. The van der Waals surface area contributed by atoms with Crippen LogP contribution in [0.25, 0.3) is 5.76 Å². The van der Waals surface area contributed by atoms with Crippen LogP contribution < -0.4 is 4.74 Å². The second-order valence-electron chi connectivity index (χ2n) is 7.29. The fourth-order valence-electron chi connectivity index (χ4n) is 3.58. The molecule has 3 rings (SSSR count). The SMILES string of the molecule is COc1cccc([C@@H]2C(=C(O)c3ccccc3)C(=O)C(=O)N2CCCN(C)C)c1. The summed E-state index contributed by atoms with van der Waals surface area (Å²) in [7, 11) is 5.49. The number of rotatable bonds is 7. The highest BCUT2D eigenvalue weighted by Crippen LogP contribution is 2.40. The van der Waals surface area contributed by atoms with Crippen molar-refractivity contribution < 1.29 is 19.4 Å². The molecule has 29 heavy (non-hydrogen) atoms. The van der Waals surface area contributed by atoms with Crippen LogP contribution in [-0.2, 0) is 9.59 Å². The lowest BCUT2D eigenvalue weighted by Crippen LogP contribution is -2.32. The number of carbonyl (C=O) groups excluding carboxylic acids is 2. The van der Waals surface area contributed by atoms with Crippen molar-refractivity contribution in [3.05, 3.63) is 71.3 Å². The molecule has 6 heteroatoms. The van der Waals surface area contributed by atoms with E-state index in [1.807, 2.05) is 37.2 Å². The Kier molecular flexibility index (Phi) is 6.34. The van der Waals surface area contributed by atoms with Crippen molar-refractivity contribution in [1.29, 1.82) is 0 Å². The predicted octanol–water partition coefficient (Wildman–Crippen LogP) is 3.07. The summed E-state index contributed by atoms with van der Waals surface area (Å²) in [4.78, 5) is 29.3. The highest BCUT2D eigenvalue weighted by atomic mass is 16.5. The minimum atomic E-state index is -0.663. The molecule has 1 saturated heterocycles. The van der Waals surface area contributed by atoms with E-state index >= 15 is 0 Å². The monoisotopic (exact) mass is 394 g/mol. The summed E-state index contributed by atoms with van der Waals surface area (Å²) in [6, 6.07) is 15.4. The van der Waals surface area contributed by atoms with Gasteiger partial charge in [-0.2, -0.15) is 0 Å². The first-order chi connectivity index (χ1) is 13.9. The van der Waals surface area contributed by atoms with Gasteiger partial charge < -0.3 is 19.6 Å². The lowest BCUT2D eigenvalue weighted by molar-refractivity contribution is -0.139. The Morgan fingerprint density at radius 3 is 2.48 bits per heavy atom. The molecule has 1 N–H and O–H groups in total. The van der Waals surface area contributed by atoms with Crippen molar-refractivity contribution in [2.75, 3.05) is 34.3 Å². The molecule has 1 amide bonds. The van der Waals surface area contributed by atoms with Gasteiger partial charge in [0, 0.05) is 12.1 Å². The van der Waals surface area contributed by atoms with Gasteiger partial charge in [0.1, 0.15) is 11.5 Å². The van der Waals surface area contributed by atoms with Crippen molar-refractivity contribution >= 4 is 17.4 Å². The number of benzene rings is 2. The van der Waals surface area contributed by atoms with E-state index in [0.717, 1.165) is 12.1 Å². The number of aliphatic hydroxyl groups is 1. The number of carbonyl (C=O) groups is 2. The molecule has 1 atom stereocenters. The zero-order valence-electron chi connectivity index (χ0n) is 17.0. The average molecular weight is 394 g/mol. The molecule has 6 nitrogen and oxygen atoms in total. The lowest BCUT2D eigenvalue weighted by Gasteiger charge is -2.26. The molecule has 2 aromatic carbocycles. The van der Waals surface area contributed by atoms with Crippen LogP contribution in [0.2, 0.25) is 0 Å². The first-order valence-corrected chi connectivity index (χ1v) is 9.56. The van der Waals surface area contributed by atoms with Crippen molar-refractivity contribution in [1.82, 2.24) is 9.80 Å². The van der Waals surface area contributed by atoms with E-state index < -0.39 is 17.7 Å². The molecule has 0 unspecified atom stereocenters. The Balaban J connectivity index is 2.09. The van der Waals surface area contributed by atoms with E-state index in [4.69, 9.17) is 4.74 Å². The molecule has 0 spiro atoms. The highest BCUT2D eigenvalue weighted by Gasteiger charge is 2.45. The lowest BCUT2D eigenvalue weighted by atomic mass is 9.95. The van der Waals surface area contributed by atoms with Crippen molar-refractivity contribution in [3.63, 3.8) is 0 Å². The first-order valence-electron chi connectivity index (χ1n) is 9.56. The molecule has 1 aliphatic heterocycles. The molecule has 1 fully saturated rings. The molecule has 0 aliphatic carbocycles. The number of likely N-dealkylation sites (tertiary alicyclic amines) is 1. The number of ether oxygens (including phenoxy) is 1. The van der Waals surface area contributed by atoms with Gasteiger partial charge in [-0.25, -0.2) is 0 Å². The summed E-state index contributed by atoms with van der Waals surface area (Å²) >= 11 is 0. The minimum Gasteiger partial charge on any atom is -0.507 e. The van der Waals surface area contributed by atoms with Gasteiger partial charge in [0.05, 0.1) is 18.7 Å². The summed E-state index contributed by atoms with van der Waals surface area (Å²) < 4.78 is 5.32. The van der Waals surface area contributed by atoms with Gasteiger partial charge in [0.25, 0.3) is 11.7 Å². The van der Waals surface area contributed by atoms with Gasteiger partial charge in [-0.1, -0.05) is 42.5 Å². The smallest absolute Gasteiger partial charge is 0.295 e. The second-order valence-corrected chi connectivity index (χ2v) is 7.29. The molecule has 0 radical (unpaired) electrons. The molecule has 2 aromatic rings. The summed E-state index contributed by atoms with van der Waals surface area (Å²) in [5.74, 6) is -0.786. The maximum absolute atomic E-state index is 12.9. The third-order valence-electron chi connectivity index (χ3n) is 5.00. The number of amides is 1. The number of Topliss-reactive ketones (excluding diaryl/α,β-unsaturated/α-hetero) is 1. The van der Waals surface area contributed by atoms with Gasteiger partial charge in [0.15, 0.2) is 0 Å². The Morgan fingerprint density at radius 2 is 1.83 bits per heavy atom. The van der Waals surface area contributed by atoms with Crippen molar-refractivity contribution in [3.8, 4) is 5.75 Å². The van der Waals surface area contributed by atoms with Gasteiger partial charge in [-0.15, -0.1) is 0 Å². The van der Waals surface area contributed by atoms with Crippen LogP contribution in [0.4, 0.5) is 0 Å². The molecule has 0 bridgehead atoms. The van der Waals surface area contributed by atoms with Gasteiger partial charge in [-0.05, 0) is 44.8 Å². The van der Waals surface area contributed by atoms with Crippen molar-refractivity contribution in [2.24, 2.45) is 0 Å². The number of methoxy groups -OCH3 is 1. The Morgan fingerprint density at radius 1 is 1.10 bits per heavy atom. The number of hydrogen-bond donors (Lipinski definition) is 1. The second kappa shape index (κ2) is 8.92. The van der Waals surface area contributed by atoms with E-state index in [2.05, 4.69) is 0 Å². The molecule has 0 saturated carbocycles. The fraction of sp³-hybridized carbons (Fsp3) is 0.304. The zero-order chi connectivity index (χ0) is 21.0.